The van der Waals surface area contributed by atoms with E-state index in [1.807, 2.05) is 24.3 Å². The molecule has 1 aliphatic heterocycles. The van der Waals surface area contributed by atoms with Gasteiger partial charge in [0.2, 0.25) is 5.91 Å². The van der Waals surface area contributed by atoms with E-state index < -0.39 is 17.7 Å². The number of fused-ring (bicyclic) bond motifs is 1. The van der Waals surface area contributed by atoms with Gasteiger partial charge in [0.05, 0.1) is 5.56 Å². The van der Waals surface area contributed by atoms with Crippen molar-refractivity contribution in [3.8, 4) is 0 Å². The molecule has 1 atom stereocenters. The number of nitrogens with zero attached hydrogens (tertiary/aromatic N) is 1. The first-order chi connectivity index (χ1) is 15.4. The predicted octanol–water partition coefficient (Wildman–Crippen LogP) is 5.31. The predicted molar refractivity (Wildman–Crippen MR) is 120 cm³/mol. The molecule has 1 aliphatic rings. The van der Waals surface area contributed by atoms with Crippen molar-refractivity contribution in [2.24, 2.45) is 0 Å². The van der Waals surface area contributed by atoms with Gasteiger partial charge in [0.15, 0.2) is 0 Å². The number of amides is 1. The number of hydrogen-bond donors (Lipinski definition) is 2. The van der Waals surface area contributed by atoms with Crippen molar-refractivity contribution >= 4 is 16.8 Å². The second-order valence-corrected chi connectivity index (χ2v) is 8.42. The Morgan fingerprint density at radius 2 is 1.84 bits per heavy atom. The van der Waals surface area contributed by atoms with Crippen LogP contribution in [0, 0.1) is 0 Å². The molecule has 170 valence electrons. The maximum absolute atomic E-state index is 13.3. The van der Waals surface area contributed by atoms with Crippen LogP contribution in [0.15, 0.2) is 54.7 Å². The van der Waals surface area contributed by atoms with E-state index in [4.69, 9.17) is 0 Å². The third kappa shape index (κ3) is 5.33. The van der Waals surface area contributed by atoms with Gasteiger partial charge in [-0.3, -0.25) is 4.79 Å². The lowest BCUT2D eigenvalue weighted by Gasteiger charge is -2.26. The summed E-state index contributed by atoms with van der Waals surface area (Å²) >= 11 is 0. The Morgan fingerprint density at radius 1 is 1.06 bits per heavy atom. The van der Waals surface area contributed by atoms with Crippen molar-refractivity contribution in [2.45, 2.75) is 37.8 Å². The van der Waals surface area contributed by atoms with Crippen LogP contribution in [0.25, 0.3) is 10.9 Å². The van der Waals surface area contributed by atoms with E-state index in [1.165, 1.54) is 25.3 Å². The van der Waals surface area contributed by atoms with E-state index in [2.05, 4.69) is 15.2 Å². The topological polar surface area (TPSA) is 48.1 Å². The fraction of sp³-hybridized carbons (Fsp3) is 0.400. The number of likely N-dealkylation sites (tertiary alicyclic amines) is 1. The summed E-state index contributed by atoms with van der Waals surface area (Å²) in [4.78, 5) is 18.3. The van der Waals surface area contributed by atoms with Crippen molar-refractivity contribution < 1.29 is 18.0 Å². The third-order valence-corrected chi connectivity index (χ3v) is 6.20. The maximum atomic E-state index is 13.3. The van der Waals surface area contributed by atoms with Crippen LogP contribution in [-0.2, 0) is 11.0 Å². The number of halogens is 3. The minimum atomic E-state index is -4.43. The van der Waals surface area contributed by atoms with Crippen molar-refractivity contribution in [1.29, 1.82) is 0 Å². The first-order valence-electron chi connectivity index (χ1n) is 11.1. The highest BCUT2D eigenvalue weighted by molar-refractivity contribution is 5.86. The van der Waals surface area contributed by atoms with Crippen molar-refractivity contribution in [3.05, 3.63) is 71.4 Å². The zero-order valence-corrected chi connectivity index (χ0v) is 17.9. The van der Waals surface area contributed by atoms with Crippen LogP contribution in [0.5, 0.6) is 0 Å². The van der Waals surface area contributed by atoms with Gasteiger partial charge in [-0.25, -0.2) is 0 Å². The molecule has 0 saturated carbocycles. The summed E-state index contributed by atoms with van der Waals surface area (Å²) in [7, 11) is 0. The molecular formula is C25H28F3N3O. The smallest absolute Gasteiger partial charge is 0.361 e. The van der Waals surface area contributed by atoms with Gasteiger partial charge in [-0.1, -0.05) is 42.8 Å². The van der Waals surface area contributed by atoms with Gasteiger partial charge < -0.3 is 15.2 Å². The quantitative estimate of drug-likeness (QED) is 0.520. The summed E-state index contributed by atoms with van der Waals surface area (Å²) in [5.74, 6) is -0.641. The summed E-state index contributed by atoms with van der Waals surface area (Å²) in [6.07, 6.45) is 1.08. The van der Waals surface area contributed by atoms with Crippen LogP contribution < -0.4 is 5.32 Å². The zero-order chi connectivity index (χ0) is 22.6. The Hall–Kier alpha value is -2.80. The van der Waals surface area contributed by atoms with E-state index in [-0.39, 0.29) is 12.3 Å². The van der Waals surface area contributed by atoms with Crippen LogP contribution in [0.4, 0.5) is 13.2 Å². The highest BCUT2D eigenvalue weighted by Crippen LogP contribution is 2.36. The van der Waals surface area contributed by atoms with Crippen molar-refractivity contribution in [1.82, 2.24) is 15.2 Å². The van der Waals surface area contributed by atoms with Gasteiger partial charge in [0, 0.05) is 42.5 Å². The number of rotatable bonds is 7. The van der Waals surface area contributed by atoms with E-state index in [1.54, 1.807) is 12.3 Å². The molecule has 7 heteroatoms. The number of para-hydroxylation sites is 1. The van der Waals surface area contributed by atoms with Gasteiger partial charge in [-0.05, 0) is 49.2 Å². The number of carbonyl (C=O) groups is 1. The zero-order valence-electron chi connectivity index (χ0n) is 17.9. The highest BCUT2D eigenvalue weighted by atomic mass is 19.4. The largest absolute Gasteiger partial charge is 0.416 e. The number of aromatic amines is 1. The van der Waals surface area contributed by atoms with Crippen molar-refractivity contribution in [3.63, 3.8) is 0 Å². The van der Waals surface area contributed by atoms with Gasteiger partial charge in [0.25, 0.3) is 0 Å². The monoisotopic (exact) mass is 443 g/mol. The van der Waals surface area contributed by atoms with E-state index in [0.717, 1.165) is 48.2 Å². The molecule has 2 aromatic carbocycles. The molecule has 1 aromatic heterocycles. The fourth-order valence-corrected chi connectivity index (χ4v) is 4.52. The Labute approximate surface area is 185 Å². The molecule has 2 N–H and O–H groups in total. The molecule has 0 unspecified atom stereocenters. The number of H-pyrrole nitrogens is 1. The standard InChI is InChI=1S/C25H28F3N3O/c26-25(27,28)19-8-6-7-18(15-19)21(22-17-30-23-10-3-2-9-20(22)23)16-24(32)29-11-14-31-12-4-1-5-13-31/h2-3,6-10,15,17,21,30H,1,4-5,11-14,16H2,(H,29,32)/t21-/m0/s1. The number of hydrogen-bond acceptors (Lipinski definition) is 2. The van der Waals surface area contributed by atoms with E-state index in [9.17, 15) is 18.0 Å². The third-order valence-electron chi connectivity index (χ3n) is 6.20. The minimum Gasteiger partial charge on any atom is -0.361 e. The first-order valence-corrected chi connectivity index (χ1v) is 11.1. The Balaban J connectivity index is 1.55. The number of piperidine rings is 1. The lowest BCUT2D eigenvalue weighted by Crippen LogP contribution is -2.38. The number of nitrogens with one attached hydrogen (secondary N) is 2. The molecule has 1 fully saturated rings. The molecule has 4 rings (SSSR count). The molecule has 32 heavy (non-hydrogen) atoms. The summed E-state index contributed by atoms with van der Waals surface area (Å²) in [5, 5.41) is 3.89. The summed E-state index contributed by atoms with van der Waals surface area (Å²) < 4.78 is 40.0. The average Bonchev–Trinajstić information content (AvgIpc) is 3.22. The van der Waals surface area contributed by atoms with E-state index in [0.29, 0.717) is 12.1 Å². The van der Waals surface area contributed by atoms with E-state index >= 15 is 0 Å². The van der Waals surface area contributed by atoms with Gasteiger partial charge >= 0.3 is 6.18 Å². The summed E-state index contributed by atoms with van der Waals surface area (Å²) in [6, 6.07) is 12.9. The summed E-state index contributed by atoms with van der Waals surface area (Å²) in [5.41, 5.74) is 1.50. The molecule has 3 aromatic rings. The molecule has 0 aliphatic carbocycles. The average molecular weight is 444 g/mol. The molecule has 1 amide bonds. The van der Waals surface area contributed by atoms with Crippen LogP contribution >= 0.6 is 0 Å². The lowest BCUT2D eigenvalue weighted by molar-refractivity contribution is -0.137. The van der Waals surface area contributed by atoms with Crippen LogP contribution in [0.1, 0.15) is 48.3 Å². The molecule has 0 radical (unpaired) electrons. The van der Waals surface area contributed by atoms with Crippen molar-refractivity contribution in [2.75, 3.05) is 26.2 Å². The minimum absolute atomic E-state index is 0.0865. The molecule has 1 saturated heterocycles. The van der Waals surface area contributed by atoms with Gasteiger partial charge in [-0.2, -0.15) is 13.2 Å². The lowest BCUT2D eigenvalue weighted by atomic mass is 9.87. The SMILES string of the molecule is O=C(C[C@@H](c1cccc(C(F)(F)F)c1)c1c[nH]c2ccccc12)NCCN1CCCCC1. The number of benzene rings is 2. The second-order valence-electron chi connectivity index (χ2n) is 8.42. The van der Waals surface area contributed by atoms with Crippen LogP contribution in [0.2, 0.25) is 0 Å². The Bertz CT molecular complexity index is 1050. The first kappa shape index (κ1) is 22.4. The number of alkyl halides is 3. The Kier molecular flexibility index (Phi) is 6.84. The molecule has 4 nitrogen and oxygen atoms in total. The molecular weight excluding hydrogens is 415 g/mol. The molecule has 0 spiro atoms. The molecule has 0 bridgehead atoms. The Morgan fingerprint density at radius 3 is 2.62 bits per heavy atom. The maximum Gasteiger partial charge on any atom is 0.416 e. The fourth-order valence-electron chi connectivity index (χ4n) is 4.52. The van der Waals surface area contributed by atoms with Crippen LogP contribution in [-0.4, -0.2) is 42.0 Å². The van der Waals surface area contributed by atoms with Crippen LogP contribution in [0.3, 0.4) is 0 Å². The normalized spacial score (nSPS) is 16.2. The second kappa shape index (κ2) is 9.77. The van der Waals surface area contributed by atoms with Gasteiger partial charge in [0.1, 0.15) is 0 Å². The number of carbonyl (C=O) groups excluding carboxylic acids is 1. The number of aromatic nitrogens is 1. The van der Waals surface area contributed by atoms with Gasteiger partial charge in [-0.15, -0.1) is 0 Å². The molecule has 2 heterocycles. The summed E-state index contributed by atoms with van der Waals surface area (Å²) in [6.45, 7) is 3.45. The highest BCUT2D eigenvalue weighted by Gasteiger charge is 2.31.